The molecular formula is C19H24O6. The third-order valence-corrected chi connectivity index (χ3v) is 5.76. The molecule has 3 atom stereocenters. The lowest BCUT2D eigenvalue weighted by Gasteiger charge is -2.39. The fourth-order valence-corrected chi connectivity index (χ4v) is 4.07. The average molecular weight is 348 g/mol. The van der Waals surface area contributed by atoms with Crippen molar-refractivity contribution in [3.8, 4) is 0 Å². The van der Waals surface area contributed by atoms with Crippen molar-refractivity contribution in [2.45, 2.75) is 52.4 Å². The van der Waals surface area contributed by atoms with Crippen LogP contribution in [0.5, 0.6) is 0 Å². The van der Waals surface area contributed by atoms with Gasteiger partial charge in [-0.15, -0.1) is 0 Å². The van der Waals surface area contributed by atoms with E-state index in [4.69, 9.17) is 10.2 Å². The Bertz CT molecular complexity index is 671. The largest absolute Gasteiger partial charge is 0.502 e. The van der Waals surface area contributed by atoms with Crippen molar-refractivity contribution < 1.29 is 29.4 Å². The molecule has 6 nitrogen and oxygen atoms in total. The zero-order valence-corrected chi connectivity index (χ0v) is 14.6. The molecule has 2 aliphatic carbocycles. The Morgan fingerprint density at radius 2 is 1.88 bits per heavy atom. The summed E-state index contributed by atoms with van der Waals surface area (Å²) in [4.78, 5) is 47.2. The number of hydrogen-bond acceptors (Lipinski definition) is 5. The van der Waals surface area contributed by atoms with E-state index < -0.39 is 17.1 Å². The molecule has 0 aromatic rings. The lowest BCUT2D eigenvalue weighted by atomic mass is 9.62. The maximum atomic E-state index is 12.3. The highest BCUT2D eigenvalue weighted by atomic mass is 16.4. The third kappa shape index (κ3) is 3.89. The first-order valence-corrected chi connectivity index (χ1v) is 8.57. The number of hydrogen-bond donors (Lipinski definition) is 2. The Hall–Kier alpha value is -2.24. The van der Waals surface area contributed by atoms with Gasteiger partial charge >= 0.3 is 5.97 Å². The van der Waals surface area contributed by atoms with E-state index in [2.05, 4.69) is 0 Å². The van der Waals surface area contributed by atoms with E-state index in [9.17, 15) is 19.2 Å². The van der Waals surface area contributed by atoms with Gasteiger partial charge in [0, 0.05) is 30.6 Å². The number of carboxylic acid groups (broad SMARTS) is 1. The predicted octanol–water partition coefficient (Wildman–Crippen LogP) is 2.77. The molecule has 0 spiro atoms. The number of carboxylic acids is 1. The molecule has 2 saturated carbocycles. The summed E-state index contributed by atoms with van der Waals surface area (Å²) in [7, 11) is 0. The number of carbonyl (C=O) groups is 4. The summed E-state index contributed by atoms with van der Waals surface area (Å²) in [5.74, 6) is -2.37. The summed E-state index contributed by atoms with van der Waals surface area (Å²) in [6, 6.07) is 0. The molecule has 25 heavy (non-hydrogen) atoms. The van der Waals surface area contributed by atoms with Crippen LogP contribution >= 0.6 is 0 Å². The van der Waals surface area contributed by atoms with Crippen LogP contribution in [0.4, 0.5) is 0 Å². The topological polar surface area (TPSA) is 109 Å². The Morgan fingerprint density at radius 3 is 2.52 bits per heavy atom. The lowest BCUT2D eigenvalue weighted by Crippen LogP contribution is -2.42. The zero-order valence-electron chi connectivity index (χ0n) is 14.6. The number of aliphatic hydroxyl groups is 1. The monoisotopic (exact) mass is 348 g/mol. The highest BCUT2D eigenvalue weighted by Gasteiger charge is 2.53. The van der Waals surface area contributed by atoms with Crippen molar-refractivity contribution in [2.24, 2.45) is 17.3 Å². The van der Waals surface area contributed by atoms with Crippen LogP contribution in [0.2, 0.25) is 0 Å². The highest BCUT2D eigenvalue weighted by Crippen LogP contribution is 2.52. The quantitative estimate of drug-likeness (QED) is 0.434. The fraction of sp³-hybridized carbons (Fsp3) is 0.579. The van der Waals surface area contributed by atoms with Gasteiger partial charge in [0.25, 0.3) is 0 Å². The molecule has 2 N–H and O–H groups in total. The van der Waals surface area contributed by atoms with E-state index >= 15 is 0 Å². The van der Waals surface area contributed by atoms with Gasteiger partial charge in [-0.1, -0.05) is 13.0 Å². The maximum absolute atomic E-state index is 12.3. The van der Waals surface area contributed by atoms with Crippen LogP contribution < -0.4 is 0 Å². The van der Waals surface area contributed by atoms with Gasteiger partial charge in [0.05, 0.1) is 0 Å². The molecule has 0 heterocycles. The maximum Gasteiger partial charge on any atom is 0.370 e. The first-order chi connectivity index (χ1) is 11.7. The Labute approximate surface area is 146 Å². The van der Waals surface area contributed by atoms with Crippen LogP contribution in [0.15, 0.2) is 23.5 Å². The number of Topliss-reactive ketones (excluding diaryl/α,β-unsaturated/α-hetero) is 3. The smallest absolute Gasteiger partial charge is 0.370 e. The molecule has 0 amide bonds. The minimum atomic E-state index is -1.46. The second-order valence-corrected chi connectivity index (χ2v) is 7.23. The molecule has 2 fully saturated rings. The minimum absolute atomic E-state index is 0.0225. The summed E-state index contributed by atoms with van der Waals surface area (Å²) in [5, 5.41) is 17.7. The van der Waals surface area contributed by atoms with Crippen LogP contribution in [0.3, 0.4) is 0 Å². The summed E-state index contributed by atoms with van der Waals surface area (Å²) in [6.07, 6.45) is 5.03. The van der Waals surface area contributed by atoms with Crippen molar-refractivity contribution in [3.63, 3.8) is 0 Å². The van der Waals surface area contributed by atoms with Gasteiger partial charge in [-0.3, -0.25) is 14.4 Å². The molecule has 0 aliphatic heterocycles. The van der Waals surface area contributed by atoms with Crippen LogP contribution in [0.25, 0.3) is 0 Å². The van der Waals surface area contributed by atoms with Crippen molar-refractivity contribution in [1.29, 1.82) is 0 Å². The van der Waals surface area contributed by atoms with Gasteiger partial charge < -0.3 is 10.2 Å². The predicted molar refractivity (Wildman–Crippen MR) is 89.9 cm³/mol. The first kappa shape index (κ1) is 19.1. The summed E-state index contributed by atoms with van der Waals surface area (Å²) < 4.78 is 0. The molecule has 0 bridgehead atoms. The average Bonchev–Trinajstić information content (AvgIpc) is 2.87. The number of aliphatic carboxylic acids is 1. The van der Waals surface area contributed by atoms with E-state index in [1.807, 2.05) is 6.92 Å². The number of carbonyl (C=O) groups excluding carboxylic acids is 3. The number of rotatable bonds is 6. The summed E-state index contributed by atoms with van der Waals surface area (Å²) in [6.45, 7) is 3.48. The van der Waals surface area contributed by atoms with Gasteiger partial charge in [0.1, 0.15) is 11.6 Å². The number of allylic oxidation sites excluding steroid dienone is 3. The highest BCUT2D eigenvalue weighted by molar-refractivity contribution is 5.96. The second kappa shape index (κ2) is 7.33. The number of aliphatic hydroxyl groups excluding tert-OH is 1. The standard InChI is InChI=1S/C19H24O6/c1-11(3-6-16(22)18(24)25)14(20)7-4-12-13-5-8-17(23)19(13,2)10-9-15(12)21/h3,6,12-13,22H,4-5,7-10H2,1-2H3,(H,24,25)/b11-3-,16-6+/t12-,13?,19-/m0/s1. The first-order valence-electron chi connectivity index (χ1n) is 8.57. The van der Waals surface area contributed by atoms with Gasteiger partial charge in [-0.25, -0.2) is 4.79 Å². The molecule has 0 radical (unpaired) electrons. The Morgan fingerprint density at radius 1 is 1.20 bits per heavy atom. The molecule has 136 valence electrons. The van der Waals surface area contributed by atoms with E-state index in [-0.39, 0.29) is 35.6 Å². The molecule has 1 unspecified atom stereocenters. The normalized spacial score (nSPS) is 30.3. The van der Waals surface area contributed by atoms with E-state index in [0.29, 0.717) is 37.7 Å². The van der Waals surface area contributed by atoms with Crippen LogP contribution in [-0.2, 0) is 19.2 Å². The van der Waals surface area contributed by atoms with Crippen molar-refractivity contribution >= 4 is 23.3 Å². The molecule has 0 saturated heterocycles. The van der Waals surface area contributed by atoms with Gasteiger partial charge in [-0.2, -0.15) is 0 Å². The molecule has 0 aromatic heterocycles. The van der Waals surface area contributed by atoms with Gasteiger partial charge in [0.2, 0.25) is 5.76 Å². The van der Waals surface area contributed by atoms with Crippen LogP contribution in [-0.4, -0.2) is 33.5 Å². The number of fused-ring (bicyclic) bond motifs is 1. The number of ketones is 3. The molecule has 6 heteroatoms. The molecule has 2 rings (SSSR count). The van der Waals surface area contributed by atoms with Gasteiger partial charge in [0.15, 0.2) is 5.78 Å². The lowest BCUT2D eigenvalue weighted by molar-refractivity contribution is -0.137. The van der Waals surface area contributed by atoms with Crippen molar-refractivity contribution in [1.82, 2.24) is 0 Å². The molecule has 0 aromatic carbocycles. The van der Waals surface area contributed by atoms with E-state index in [1.165, 1.54) is 6.08 Å². The van der Waals surface area contributed by atoms with E-state index in [1.54, 1.807) is 6.92 Å². The van der Waals surface area contributed by atoms with Crippen molar-refractivity contribution in [3.05, 3.63) is 23.5 Å². The second-order valence-electron chi connectivity index (χ2n) is 7.23. The van der Waals surface area contributed by atoms with Crippen molar-refractivity contribution in [2.75, 3.05) is 0 Å². The SMILES string of the molecule is C/C(=C/C=C(/O)C(=O)O)C(=O)CC[C@@H]1C(=O)CC[C@]2(C)C(=O)CCC12. The molecule has 2 aliphatic rings. The van der Waals surface area contributed by atoms with Crippen LogP contribution in [0, 0.1) is 17.3 Å². The van der Waals surface area contributed by atoms with Crippen LogP contribution in [0.1, 0.15) is 52.4 Å². The minimum Gasteiger partial charge on any atom is -0.502 e. The Balaban J connectivity index is 2.02. The van der Waals surface area contributed by atoms with E-state index in [0.717, 1.165) is 6.08 Å². The summed E-state index contributed by atoms with van der Waals surface area (Å²) >= 11 is 0. The third-order valence-electron chi connectivity index (χ3n) is 5.76. The van der Waals surface area contributed by atoms with Gasteiger partial charge in [-0.05, 0) is 43.8 Å². The summed E-state index contributed by atoms with van der Waals surface area (Å²) in [5.41, 5.74) is -0.107. The zero-order chi connectivity index (χ0) is 18.8. The molecular weight excluding hydrogens is 324 g/mol. The fourth-order valence-electron chi connectivity index (χ4n) is 4.07. The Kier molecular flexibility index (Phi) is 5.60.